The average molecular weight is 543 g/mol. The summed E-state index contributed by atoms with van der Waals surface area (Å²) in [5.74, 6) is 0.563. The number of carbonyl (C=O) groups is 1. The number of piperidine rings is 1. The topological polar surface area (TPSA) is 41.9 Å². The molecule has 4 nitrogen and oxygen atoms in total. The van der Waals surface area contributed by atoms with Crippen LogP contribution in [-0.2, 0) is 4.74 Å². The first-order valence-electron chi connectivity index (χ1n) is 9.97. The van der Waals surface area contributed by atoms with Crippen LogP contribution in [0.4, 0.5) is 4.79 Å². The van der Waals surface area contributed by atoms with Gasteiger partial charge < -0.3 is 9.64 Å². The molecule has 0 aromatic heterocycles. The molecular formula is C22H23Br2ClN2O2. The third-order valence-corrected chi connectivity index (χ3v) is 7.23. The number of likely N-dealkylation sites (tertiary alicyclic amines) is 1. The van der Waals surface area contributed by atoms with Crippen molar-refractivity contribution >= 4 is 61.3 Å². The number of amides is 1. The molecule has 3 aliphatic rings. The number of fused-ring (bicyclic) bond motifs is 2. The van der Waals surface area contributed by atoms with E-state index in [-0.39, 0.29) is 16.8 Å². The van der Waals surface area contributed by atoms with Crippen LogP contribution in [0, 0.1) is 5.92 Å². The van der Waals surface area contributed by atoms with Crippen molar-refractivity contribution < 1.29 is 9.53 Å². The second-order valence-corrected chi connectivity index (χ2v) is 10.1. The smallest absolute Gasteiger partial charge is 0.409 e. The number of alkyl halides is 1. The van der Waals surface area contributed by atoms with Crippen LogP contribution in [0.5, 0.6) is 0 Å². The van der Waals surface area contributed by atoms with Gasteiger partial charge in [0.15, 0.2) is 0 Å². The van der Waals surface area contributed by atoms with E-state index in [1.54, 1.807) is 0 Å². The van der Waals surface area contributed by atoms with Gasteiger partial charge in [0.05, 0.1) is 18.0 Å². The minimum absolute atomic E-state index is 0.169. The number of hydrogen-bond acceptors (Lipinski definition) is 3. The summed E-state index contributed by atoms with van der Waals surface area (Å²) < 4.78 is 6.21. The Kier molecular flexibility index (Phi) is 6.52. The van der Waals surface area contributed by atoms with Gasteiger partial charge in [0.1, 0.15) is 0 Å². The molecule has 2 unspecified atom stereocenters. The van der Waals surface area contributed by atoms with Gasteiger partial charge >= 0.3 is 6.09 Å². The predicted molar refractivity (Wildman–Crippen MR) is 125 cm³/mol. The molecule has 1 fully saturated rings. The van der Waals surface area contributed by atoms with Crippen LogP contribution in [-0.4, -0.2) is 47.8 Å². The lowest BCUT2D eigenvalue weighted by Gasteiger charge is -2.37. The summed E-state index contributed by atoms with van der Waals surface area (Å²) in [4.78, 5) is 19.2. The van der Waals surface area contributed by atoms with Gasteiger partial charge in [-0.05, 0) is 54.5 Å². The van der Waals surface area contributed by atoms with Crippen molar-refractivity contribution in [1.82, 2.24) is 4.90 Å². The summed E-state index contributed by atoms with van der Waals surface area (Å²) >= 11 is 13.8. The summed E-state index contributed by atoms with van der Waals surface area (Å²) in [6.45, 7) is 4.41. The van der Waals surface area contributed by atoms with Gasteiger partial charge in [-0.3, -0.25) is 4.99 Å². The molecule has 2 heterocycles. The predicted octanol–water partition coefficient (Wildman–Crippen LogP) is 6.23. The molecule has 1 saturated heterocycles. The molecule has 7 heteroatoms. The lowest BCUT2D eigenvalue weighted by Crippen LogP contribution is -2.41. The fourth-order valence-electron chi connectivity index (χ4n) is 4.50. The molecule has 29 heavy (non-hydrogen) atoms. The number of benzene rings is 1. The van der Waals surface area contributed by atoms with Crippen molar-refractivity contribution in [3.63, 3.8) is 0 Å². The second-order valence-electron chi connectivity index (χ2n) is 7.59. The van der Waals surface area contributed by atoms with Crippen molar-refractivity contribution in [3.8, 4) is 0 Å². The molecule has 1 aromatic carbocycles. The number of dihydropyridines is 1. The molecule has 0 radical (unpaired) electrons. The van der Waals surface area contributed by atoms with E-state index < -0.39 is 0 Å². The van der Waals surface area contributed by atoms with E-state index in [0.29, 0.717) is 25.6 Å². The number of ether oxygens (including phenoxy) is 1. The molecule has 0 saturated carbocycles. The normalized spacial score (nSPS) is 24.2. The van der Waals surface area contributed by atoms with Crippen LogP contribution in [0.15, 0.2) is 39.3 Å². The summed E-state index contributed by atoms with van der Waals surface area (Å²) in [5.41, 5.74) is 4.70. The molecular weight excluding hydrogens is 520 g/mol. The Morgan fingerprint density at radius 3 is 2.79 bits per heavy atom. The van der Waals surface area contributed by atoms with Crippen LogP contribution >= 0.6 is 43.5 Å². The van der Waals surface area contributed by atoms with Gasteiger partial charge in [0.2, 0.25) is 0 Å². The van der Waals surface area contributed by atoms with Crippen LogP contribution in [0.2, 0.25) is 5.02 Å². The van der Waals surface area contributed by atoms with Gasteiger partial charge in [0.25, 0.3) is 0 Å². The maximum absolute atomic E-state index is 12.1. The zero-order valence-corrected chi connectivity index (χ0v) is 20.1. The molecule has 4 rings (SSSR count). The summed E-state index contributed by atoms with van der Waals surface area (Å²) in [7, 11) is 0. The van der Waals surface area contributed by atoms with Gasteiger partial charge in [-0.25, -0.2) is 4.79 Å². The highest BCUT2D eigenvalue weighted by Crippen LogP contribution is 2.44. The standard InChI is InChI=1S/C22H23Br2ClN2O2/c1-2-29-22(28)27-7-5-13(6-8-27)20-19-14(10-17(25)11-18(19)24)3-4-15-9-16(23)12-26-21(15)20/h3-4,9-11,13,16,20H,2,5-8,12H2,1H3. The zero-order valence-electron chi connectivity index (χ0n) is 16.2. The molecule has 1 amide bonds. The first kappa shape index (κ1) is 21.1. The van der Waals surface area contributed by atoms with Crippen molar-refractivity contribution in [2.45, 2.75) is 30.5 Å². The van der Waals surface area contributed by atoms with Crippen molar-refractivity contribution in [1.29, 1.82) is 0 Å². The van der Waals surface area contributed by atoms with Crippen molar-refractivity contribution in [2.75, 3.05) is 26.2 Å². The molecule has 1 aliphatic carbocycles. The van der Waals surface area contributed by atoms with E-state index in [4.69, 9.17) is 21.3 Å². The summed E-state index contributed by atoms with van der Waals surface area (Å²) in [6.07, 6.45) is 8.18. The number of nitrogens with zero attached hydrogens (tertiary/aromatic N) is 2. The van der Waals surface area contributed by atoms with E-state index in [9.17, 15) is 4.79 Å². The Morgan fingerprint density at radius 1 is 1.31 bits per heavy atom. The molecule has 154 valence electrons. The Morgan fingerprint density at radius 2 is 2.07 bits per heavy atom. The maximum atomic E-state index is 12.1. The molecule has 1 aromatic rings. The fourth-order valence-corrected chi connectivity index (χ4v) is 6.01. The fraction of sp³-hybridized carbons (Fsp3) is 0.455. The number of carbonyl (C=O) groups excluding carboxylic acids is 1. The number of rotatable bonds is 2. The van der Waals surface area contributed by atoms with Gasteiger partial charge in [-0.15, -0.1) is 0 Å². The number of hydrogen-bond donors (Lipinski definition) is 0. The third-order valence-electron chi connectivity index (χ3n) is 5.80. The Bertz CT molecular complexity index is 904. The van der Waals surface area contributed by atoms with Crippen molar-refractivity contribution in [2.24, 2.45) is 10.9 Å². The molecule has 2 aliphatic heterocycles. The van der Waals surface area contributed by atoms with Gasteiger partial charge in [0, 0.05) is 34.2 Å². The van der Waals surface area contributed by atoms with Crippen LogP contribution in [0.25, 0.3) is 6.08 Å². The quantitative estimate of drug-likeness (QED) is 0.416. The molecule has 0 spiro atoms. The zero-order chi connectivity index (χ0) is 20.5. The largest absolute Gasteiger partial charge is 0.450 e. The molecule has 0 N–H and O–H groups in total. The second kappa shape index (κ2) is 8.94. The highest BCUT2D eigenvalue weighted by Gasteiger charge is 2.37. The number of allylic oxidation sites excluding steroid dienone is 2. The monoisotopic (exact) mass is 540 g/mol. The summed E-state index contributed by atoms with van der Waals surface area (Å²) in [5, 5.41) is 0.718. The van der Waals surface area contributed by atoms with Gasteiger partial charge in [-0.2, -0.15) is 0 Å². The van der Waals surface area contributed by atoms with E-state index in [0.717, 1.165) is 40.2 Å². The van der Waals surface area contributed by atoms with E-state index in [1.165, 1.54) is 11.1 Å². The van der Waals surface area contributed by atoms with Gasteiger partial charge in [-0.1, -0.05) is 61.7 Å². The first-order chi connectivity index (χ1) is 14.0. The SMILES string of the molecule is CCOC(=O)N1CCC(C2C3=NCC(Br)C=C3C=Cc3cc(Cl)cc(Br)c32)CC1. The van der Waals surface area contributed by atoms with Crippen LogP contribution in [0.3, 0.4) is 0 Å². The van der Waals surface area contributed by atoms with E-state index in [2.05, 4.69) is 50.1 Å². The lowest BCUT2D eigenvalue weighted by atomic mass is 9.74. The Hall–Kier alpha value is -1.11. The first-order valence-corrected chi connectivity index (χ1v) is 12.1. The van der Waals surface area contributed by atoms with E-state index in [1.807, 2.05) is 24.0 Å². The van der Waals surface area contributed by atoms with Crippen LogP contribution < -0.4 is 0 Å². The third kappa shape index (κ3) is 4.35. The highest BCUT2D eigenvalue weighted by molar-refractivity contribution is 9.10. The average Bonchev–Trinajstić information content (AvgIpc) is 2.85. The Balaban J connectivity index is 1.70. The van der Waals surface area contributed by atoms with E-state index >= 15 is 0 Å². The number of halogens is 3. The molecule has 2 atom stereocenters. The molecule has 0 bridgehead atoms. The minimum Gasteiger partial charge on any atom is -0.450 e. The Labute approximate surface area is 193 Å². The summed E-state index contributed by atoms with van der Waals surface area (Å²) in [6, 6.07) is 4.00. The maximum Gasteiger partial charge on any atom is 0.409 e. The number of aliphatic imine (C=N–C) groups is 1. The van der Waals surface area contributed by atoms with Crippen molar-refractivity contribution in [3.05, 3.63) is 50.5 Å². The highest BCUT2D eigenvalue weighted by atomic mass is 79.9. The minimum atomic E-state index is -0.209. The lowest BCUT2D eigenvalue weighted by molar-refractivity contribution is 0.0909. The van der Waals surface area contributed by atoms with Crippen LogP contribution in [0.1, 0.15) is 36.8 Å².